The Hall–Kier alpha value is -3.15. The fourth-order valence-corrected chi connectivity index (χ4v) is 2.57. The van der Waals surface area contributed by atoms with Crippen molar-refractivity contribution in [2.24, 2.45) is 0 Å². The van der Waals surface area contributed by atoms with Crippen LogP contribution in [0.1, 0.15) is 40.4 Å². The summed E-state index contributed by atoms with van der Waals surface area (Å²) in [5.74, 6) is 0.925. The zero-order chi connectivity index (χ0) is 18.7. The van der Waals surface area contributed by atoms with Crippen molar-refractivity contribution in [3.05, 3.63) is 65.0 Å². The van der Waals surface area contributed by atoms with E-state index in [9.17, 15) is 4.79 Å². The number of hydrogen-bond acceptors (Lipinski definition) is 6. The summed E-state index contributed by atoms with van der Waals surface area (Å²) in [6.45, 7) is 5.55. The number of carbonyl (C=O) groups excluding carboxylic acids is 1. The molecule has 6 heteroatoms. The first-order valence-electron chi connectivity index (χ1n) is 8.24. The Kier molecular flexibility index (Phi) is 5.02. The first kappa shape index (κ1) is 17.7. The zero-order valence-electron chi connectivity index (χ0n) is 15.1. The van der Waals surface area contributed by atoms with Crippen molar-refractivity contribution in [1.29, 1.82) is 0 Å². The maximum atomic E-state index is 12.4. The fraction of sp³-hybridized carbons (Fsp3) is 0.250. The van der Waals surface area contributed by atoms with E-state index < -0.39 is 12.1 Å². The molecule has 0 amide bonds. The summed E-state index contributed by atoms with van der Waals surface area (Å²) < 4.78 is 16.3. The molecule has 26 heavy (non-hydrogen) atoms. The second kappa shape index (κ2) is 7.39. The van der Waals surface area contributed by atoms with Crippen molar-refractivity contribution < 1.29 is 18.7 Å². The van der Waals surface area contributed by atoms with Crippen LogP contribution in [0.3, 0.4) is 0 Å². The Morgan fingerprint density at radius 1 is 1.08 bits per heavy atom. The van der Waals surface area contributed by atoms with E-state index in [1.165, 1.54) is 0 Å². The lowest BCUT2D eigenvalue weighted by atomic mass is 10.1. The van der Waals surface area contributed by atoms with E-state index in [-0.39, 0.29) is 5.89 Å². The van der Waals surface area contributed by atoms with Crippen LogP contribution in [0.4, 0.5) is 0 Å². The van der Waals surface area contributed by atoms with E-state index in [0.717, 1.165) is 22.4 Å². The molecule has 0 unspecified atom stereocenters. The van der Waals surface area contributed by atoms with Gasteiger partial charge >= 0.3 is 5.97 Å². The van der Waals surface area contributed by atoms with Crippen LogP contribution < -0.4 is 4.74 Å². The molecule has 0 saturated heterocycles. The highest BCUT2D eigenvalue weighted by molar-refractivity contribution is 5.91. The van der Waals surface area contributed by atoms with E-state index >= 15 is 0 Å². The van der Waals surface area contributed by atoms with Gasteiger partial charge in [-0.05, 0) is 56.7 Å². The topological polar surface area (TPSA) is 74.5 Å². The lowest BCUT2D eigenvalue weighted by molar-refractivity contribution is 0.0279. The van der Waals surface area contributed by atoms with Crippen molar-refractivity contribution in [2.45, 2.75) is 26.9 Å². The van der Waals surface area contributed by atoms with Gasteiger partial charge in [-0.2, -0.15) is 0 Å². The number of ether oxygens (including phenoxy) is 2. The van der Waals surface area contributed by atoms with Crippen LogP contribution in [0.15, 0.2) is 46.9 Å². The Bertz CT molecular complexity index is 916. The summed E-state index contributed by atoms with van der Waals surface area (Å²) in [7, 11) is 1.60. The van der Waals surface area contributed by atoms with E-state index in [4.69, 9.17) is 13.9 Å². The molecule has 2 aromatic carbocycles. The van der Waals surface area contributed by atoms with E-state index in [2.05, 4.69) is 10.2 Å². The van der Waals surface area contributed by atoms with Gasteiger partial charge in [0.2, 0.25) is 5.89 Å². The standard InChI is InChI=1S/C20H20N2O4/c1-12-5-10-17(13(2)11-12)20(23)25-14(3)18-21-22-19(26-18)15-6-8-16(24-4)9-7-15/h5-11,14H,1-4H3/t14-/m0/s1. The van der Waals surface area contributed by atoms with Crippen molar-refractivity contribution in [1.82, 2.24) is 10.2 Å². The first-order chi connectivity index (χ1) is 12.5. The third kappa shape index (κ3) is 3.74. The fourth-order valence-electron chi connectivity index (χ4n) is 2.57. The molecule has 134 valence electrons. The maximum absolute atomic E-state index is 12.4. The van der Waals surface area contributed by atoms with Gasteiger partial charge in [-0.3, -0.25) is 0 Å². The molecule has 0 N–H and O–H groups in total. The number of aryl methyl sites for hydroxylation is 2. The molecule has 1 aromatic heterocycles. The highest BCUT2D eigenvalue weighted by atomic mass is 16.6. The largest absolute Gasteiger partial charge is 0.497 e. The van der Waals surface area contributed by atoms with Gasteiger partial charge in [0.25, 0.3) is 5.89 Å². The van der Waals surface area contributed by atoms with Crippen molar-refractivity contribution in [3.63, 3.8) is 0 Å². The average molecular weight is 352 g/mol. The molecule has 0 spiro atoms. The Morgan fingerprint density at radius 3 is 2.46 bits per heavy atom. The van der Waals surface area contributed by atoms with Crippen molar-refractivity contribution >= 4 is 5.97 Å². The third-order valence-corrected chi connectivity index (χ3v) is 4.01. The summed E-state index contributed by atoms with van der Waals surface area (Å²) in [5, 5.41) is 8.02. The number of hydrogen-bond donors (Lipinski definition) is 0. The molecule has 1 heterocycles. The Balaban J connectivity index is 1.73. The average Bonchev–Trinajstić information content (AvgIpc) is 3.12. The molecule has 0 aliphatic rings. The smallest absolute Gasteiger partial charge is 0.339 e. The number of aromatic nitrogens is 2. The van der Waals surface area contributed by atoms with Gasteiger partial charge in [-0.1, -0.05) is 17.7 Å². The van der Waals surface area contributed by atoms with Crippen LogP contribution in [-0.4, -0.2) is 23.3 Å². The van der Waals surface area contributed by atoms with Crippen molar-refractivity contribution in [2.75, 3.05) is 7.11 Å². The van der Waals surface area contributed by atoms with Crippen LogP contribution in [0, 0.1) is 13.8 Å². The lowest BCUT2D eigenvalue weighted by Crippen LogP contribution is -2.11. The minimum Gasteiger partial charge on any atom is -0.497 e. The minimum absolute atomic E-state index is 0.244. The number of methoxy groups -OCH3 is 1. The van der Waals surface area contributed by atoms with Gasteiger partial charge in [0, 0.05) is 5.56 Å². The summed E-state index contributed by atoms with van der Waals surface area (Å²) >= 11 is 0. The molecule has 0 saturated carbocycles. The van der Waals surface area contributed by atoms with Gasteiger partial charge in [-0.25, -0.2) is 4.79 Å². The molecule has 0 aliphatic heterocycles. The number of esters is 1. The molecule has 1 atom stereocenters. The quantitative estimate of drug-likeness (QED) is 0.638. The second-order valence-corrected chi connectivity index (χ2v) is 6.04. The summed E-state index contributed by atoms with van der Waals surface area (Å²) in [4.78, 5) is 12.4. The van der Waals surface area contributed by atoms with Crippen LogP contribution in [-0.2, 0) is 4.74 Å². The molecule has 3 rings (SSSR count). The number of nitrogens with zero attached hydrogens (tertiary/aromatic N) is 2. The Morgan fingerprint density at radius 2 is 1.81 bits per heavy atom. The molecule has 0 fully saturated rings. The Labute approximate surface area is 151 Å². The second-order valence-electron chi connectivity index (χ2n) is 6.04. The highest BCUT2D eigenvalue weighted by Gasteiger charge is 2.21. The normalized spacial score (nSPS) is 11.8. The number of rotatable bonds is 5. The van der Waals surface area contributed by atoms with Gasteiger partial charge in [0.05, 0.1) is 12.7 Å². The van der Waals surface area contributed by atoms with Crippen molar-refractivity contribution in [3.8, 4) is 17.2 Å². The molecule has 0 bridgehead atoms. The van der Waals surface area contributed by atoms with Crippen LogP contribution >= 0.6 is 0 Å². The lowest BCUT2D eigenvalue weighted by Gasteiger charge is -2.11. The van der Waals surface area contributed by atoms with Crippen LogP contribution in [0.5, 0.6) is 5.75 Å². The summed E-state index contributed by atoms with van der Waals surface area (Å²) in [5.41, 5.74) is 3.24. The molecule has 0 aliphatic carbocycles. The van der Waals surface area contributed by atoms with Crippen LogP contribution in [0.25, 0.3) is 11.5 Å². The first-order valence-corrected chi connectivity index (χ1v) is 8.24. The van der Waals surface area contributed by atoms with Gasteiger partial charge in [-0.15, -0.1) is 10.2 Å². The summed E-state index contributed by atoms with van der Waals surface area (Å²) in [6, 6.07) is 12.8. The van der Waals surface area contributed by atoms with E-state index in [1.54, 1.807) is 20.1 Å². The SMILES string of the molecule is COc1ccc(-c2nnc([C@H](C)OC(=O)c3ccc(C)cc3C)o2)cc1. The molecule has 6 nitrogen and oxygen atoms in total. The third-order valence-electron chi connectivity index (χ3n) is 4.01. The molecule has 3 aromatic rings. The predicted molar refractivity (Wildman–Crippen MR) is 96.0 cm³/mol. The summed E-state index contributed by atoms with van der Waals surface area (Å²) in [6.07, 6.45) is -0.650. The predicted octanol–water partition coefficient (Wildman–Crippen LogP) is 4.28. The number of benzene rings is 2. The number of carbonyl (C=O) groups is 1. The minimum atomic E-state index is -0.650. The van der Waals surface area contributed by atoms with Crippen LogP contribution in [0.2, 0.25) is 0 Å². The maximum Gasteiger partial charge on any atom is 0.339 e. The molecular weight excluding hydrogens is 332 g/mol. The van der Waals surface area contributed by atoms with Gasteiger partial charge in [0.15, 0.2) is 6.10 Å². The molecule has 0 radical (unpaired) electrons. The highest BCUT2D eigenvalue weighted by Crippen LogP contribution is 2.25. The van der Waals surface area contributed by atoms with Gasteiger partial charge < -0.3 is 13.9 Å². The van der Waals surface area contributed by atoms with E-state index in [1.807, 2.05) is 50.2 Å². The molecular formula is C20H20N2O4. The zero-order valence-corrected chi connectivity index (χ0v) is 15.1. The van der Waals surface area contributed by atoms with Gasteiger partial charge in [0.1, 0.15) is 5.75 Å². The van der Waals surface area contributed by atoms with E-state index in [0.29, 0.717) is 11.5 Å². The monoisotopic (exact) mass is 352 g/mol.